The highest BCUT2D eigenvalue weighted by Crippen LogP contribution is 2.30. The van der Waals surface area contributed by atoms with Crippen LogP contribution in [0.1, 0.15) is 5.56 Å². The summed E-state index contributed by atoms with van der Waals surface area (Å²) in [7, 11) is -4.36. The number of fused-ring (bicyclic) bond motifs is 1. The zero-order valence-electron chi connectivity index (χ0n) is 9.96. The molecule has 0 amide bonds. The Morgan fingerprint density at radius 1 is 1.25 bits per heavy atom. The Bertz CT molecular complexity index is 744. The first-order chi connectivity index (χ1) is 9.15. The van der Waals surface area contributed by atoms with Gasteiger partial charge in [-0.1, -0.05) is 4.68 Å². The van der Waals surface area contributed by atoms with Gasteiger partial charge in [-0.3, -0.25) is 0 Å². The van der Waals surface area contributed by atoms with E-state index in [0.29, 0.717) is 0 Å². The van der Waals surface area contributed by atoms with Gasteiger partial charge in [0, 0.05) is 16.6 Å². The molecule has 0 saturated carbocycles. The van der Waals surface area contributed by atoms with Gasteiger partial charge in [0.1, 0.15) is 15.6 Å². The van der Waals surface area contributed by atoms with Crippen molar-refractivity contribution in [2.75, 3.05) is 5.75 Å². The van der Waals surface area contributed by atoms with Crippen LogP contribution in [0.25, 0.3) is 10.9 Å². The van der Waals surface area contributed by atoms with Crippen molar-refractivity contribution in [1.29, 1.82) is 0 Å². The number of aromatic nitrogens is 2. The van der Waals surface area contributed by atoms with Crippen molar-refractivity contribution in [2.45, 2.75) is 12.7 Å². The maximum atomic E-state index is 12.5. The minimum Gasteiger partial charge on any atom is -0.748 e. The summed E-state index contributed by atoms with van der Waals surface area (Å²) in [6.45, 7) is -0.150. The average Bonchev–Trinajstić information content (AvgIpc) is 2.33. The molecule has 0 atom stereocenters. The van der Waals surface area contributed by atoms with E-state index in [9.17, 15) is 26.1 Å². The number of halogens is 3. The van der Waals surface area contributed by atoms with Crippen LogP contribution >= 0.6 is 0 Å². The van der Waals surface area contributed by atoms with E-state index in [1.54, 1.807) is 0 Å². The number of nitrogens with zero attached hydrogens (tertiary/aromatic N) is 2. The summed E-state index contributed by atoms with van der Waals surface area (Å²) in [5.74, 6) is -0.628. The van der Waals surface area contributed by atoms with Crippen LogP contribution in [0.15, 0.2) is 30.5 Å². The Balaban J connectivity index is 2.32. The van der Waals surface area contributed by atoms with Gasteiger partial charge in [-0.25, -0.2) is 8.42 Å². The Morgan fingerprint density at radius 3 is 2.55 bits per heavy atom. The minimum absolute atomic E-state index is 0.150. The number of hydrogen-bond acceptors (Lipinski definition) is 4. The van der Waals surface area contributed by atoms with Gasteiger partial charge < -0.3 is 4.55 Å². The molecule has 108 valence electrons. The number of rotatable bonds is 3. The molecular formula is C11H9F3N2O3S. The molecule has 9 heteroatoms. The van der Waals surface area contributed by atoms with Gasteiger partial charge in [0.05, 0.1) is 11.3 Å². The zero-order valence-corrected chi connectivity index (χ0v) is 10.8. The lowest BCUT2D eigenvalue weighted by molar-refractivity contribution is -0.747. The second-order valence-corrected chi connectivity index (χ2v) is 5.64. The van der Waals surface area contributed by atoms with Gasteiger partial charge in [0.15, 0.2) is 12.7 Å². The fourth-order valence-corrected chi connectivity index (χ4v) is 2.03. The summed E-state index contributed by atoms with van der Waals surface area (Å²) in [4.78, 5) is 0. The molecule has 1 aromatic carbocycles. The van der Waals surface area contributed by atoms with Crippen molar-refractivity contribution in [3.63, 3.8) is 0 Å². The van der Waals surface area contributed by atoms with Crippen LogP contribution in [0.3, 0.4) is 0 Å². The van der Waals surface area contributed by atoms with E-state index in [1.807, 2.05) is 0 Å². The molecule has 0 aliphatic heterocycles. The molecule has 2 aromatic rings. The van der Waals surface area contributed by atoms with E-state index in [0.717, 1.165) is 12.1 Å². The monoisotopic (exact) mass is 306 g/mol. The minimum atomic E-state index is -4.43. The van der Waals surface area contributed by atoms with Crippen LogP contribution in [0.4, 0.5) is 13.2 Å². The summed E-state index contributed by atoms with van der Waals surface area (Å²) < 4.78 is 70.3. The molecule has 0 saturated heterocycles. The molecule has 1 aromatic heterocycles. The third kappa shape index (κ3) is 3.64. The highest BCUT2D eigenvalue weighted by atomic mass is 32.2. The van der Waals surface area contributed by atoms with E-state index in [4.69, 9.17) is 0 Å². The molecule has 0 fully saturated rings. The lowest BCUT2D eigenvalue weighted by Crippen LogP contribution is -2.40. The highest BCUT2D eigenvalue weighted by molar-refractivity contribution is 7.85. The fraction of sp³-hybridized carbons (Fsp3) is 0.273. The third-order valence-electron chi connectivity index (χ3n) is 2.59. The maximum absolute atomic E-state index is 12.5. The normalized spacial score (nSPS) is 12.8. The number of benzene rings is 1. The van der Waals surface area contributed by atoms with Crippen LogP contribution < -0.4 is 4.68 Å². The van der Waals surface area contributed by atoms with Crippen molar-refractivity contribution >= 4 is 21.0 Å². The molecular weight excluding hydrogens is 297 g/mol. The SMILES string of the molecule is O=S(=O)([O-])CC[n+]1ccc2cc(C(F)(F)F)ccc2n1. The molecule has 0 spiro atoms. The fourth-order valence-electron chi connectivity index (χ4n) is 1.62. The average molecular weight is 306 g/mol. The largest absolute Gasteiger partial charge is 0.748 e. The first-order valence-corrected chi connectivity index (χ1v) is 7.04. The van der Waals surface area contributed by atoms with Gasteiger partial charge in [-0.2, -0.15) is 13.2 Å². The molecule has 20 heavy (non-hydrogen) atoms. The zero-order chi connectivity index (χ0) is 15.0. The number of hydrogen-bond donors (Lipinski definition) is 0. The van der Waals surface area contributed by atoms with Crippen molar-refractivity contribution in [3.05, 3.63) is 36.0 Å². The standard InChI is InChI=1S/C11H9F3N2O3S/c12-11(13,14)9-1-2-10-8(7-9)3-4-16(15-10)5-6-20(17,18)19/h1-4,7H,5-6H2. The summed E-state index contributed by atoms with van der Waals surface area (Å²) >= 11 is 0. The topological polar surface area (TPSA) is 74.0 Å². The summed E-state index contributed by atoms with van der Waals surface area (Å²) in [5.41, 5.74) is -0.504. The Labute approximate surface area is 112 Å². The predicted molar refractivity (Wildman–Crippen MR) is 61.5 cm³/mol. The molecule has 0 radical (unpaired) electrons. The van der Waals surface area contributed by atoms with Crippen molar-refractivity contribution in [1.82, 2.24) is 5.10 Å². The molecule has 0 aliphatic rings. The third-order valence-corrected chi connectivity index (χ3v) is 3.27. The lowest BCUT2D eigenvalue weighted by atomic mass is 10.1. The second-order valence-electron chi connectivity index (χ2n) is 4.11. The Morgan fingerprint density at radius 2 is 1.95 bits per heavy atom. The van der Waals surface area contributed by atoms with Gasteiger partial charge in [-0.05, 0) is 18.2 Å². The summed E-state index contributed by atoms with van der Waals surface area (Å²) in [6.07, 6.45) is -3.11. The number of alkyl halides is 3. The van der Waals surface area contributed by atoms with Gasteiger partial charge in [-0.15, -0.1) is 0 Å². The first kappa shape index (κ1) is 14.7. The van der Waals surface area contributed by atoms with E-state index in [-0.39, 0.29) is 17.4 Å². The molecule has 0 unspecified atom stereocenters. The molecule has 1 heterocycles. The quantitative estimate of drug-likeness (QED) is 0.628. The Kier molecular flexibility index (Phi) is 3.65. The smallest absolute Gasteiger partial charge is 0.416 e. The van der Waals surface area contributed by atoms with Crippen LogP contribution in [0.2, 0.25) is 0 Å². The van der Waals surface area contributed by atoms with E-state index in [2.05, 4.69) is 5.10 Å². The Hall–Kier alpha value is -1.74. The van der Waals surface area contributed by atoms with E-state index < -0.39 is 27.6 Å². The number of aryl methyl sites for hydroxylation is 1. The van der Waals surface area contributed by atoms with E-state index in [1.165, 1.54) is 23.0 Å². The van der Waals surface area contributed by atoms with Crippen LogP contribution in [-0.4, -0.2) is 23.8 Å². The van der Waals surface area contributed by atoms with Crippen molar-refractivity contribution in [3.8, 4) is 0 Å². The molecule has 0 bridgehead atoms. The molecule has 0 aliphatic carbocycles. The lowest BCUT2D eigenvalue weighted by Gasteiger charge is -2.06. The van der Waals surface area contributed by atoms with Gasteiger partial charge in [0.25, 0.3) is 0 Å². The van der Waals surface area contributed by atoms with Crippen molar-refractivity contribution < 1.29 is 30.8 Å². The maximum Gasteiger partial charge on any atom is 0.416 e. The van der Waals surface area contributed by atoms with Gasteiger partial charge >= 0.3 is 6.18 Å². The first-order valence-electron chi connectivity index (χ1n) is 5.46. The van der Waals surface area contributed by atoms with Gasteiger partial charge in [0.2, 0.25) is 0 Å². The van der Waals surface area contributed by atoms with Crippen LogP contribution in [0, 0.1) is 0 Å². The predicted octanol–water partition coefficient (Wildman–Crippen LogP) is 1.09. The highest BCUT2D eigenvalue weighted by Gasteiger charge is 2.30. The van der Waals surface area contributed by atoms with Crippen molar-refractivity contribution in [2.24, 2.45) is 0 Å². The molecule has 5 nitrogen and oxygen atoms in total. The van der Waals surface area contributed by atoms with Crippen LogP contribution in [-0.2, 0) is 22.8 Å². The van der Waals surface area contributed by atoms with E-state index >= 15 is 0 Å². The molecule has 2 rings (SSSR count). The summed E-state index contributed by atoms with van der Waals surface area (Å²) in [6, 6.07) is 4.43. The van der Waals surface area contributed by atoms with Crippen LogP contribution in [0.5, 0.6) is 0 Å². The second kappa shape index (κ2) is 4.98. The summed E-state index contributed by atoms with van der Waals surface area (Å²) in [5, 5.41) is 4.23. The molecule has 0 N–H and O–H groups in total.